The molecule has 0 aromatic heterocycles. The number of esters is 1. The molecule has 0 aliphatic heterocycles. The highest BCUT2D eigenvalue weighted by Crippen LogP contribution is 2.25. The number of nitrogens with two attached hydrogens (primary N) is 1. The first kappa shape index (κ1) is 16.8. The van der Waals surface area contributed by atoms with Crippen molar-refractivity contribution in [3.05, 3.63) is 34.1 Å². The first-order chi connectivity index (χ1) is 9.67. The summed E-state index contributed by atoms with van der Waals surface area (Å²) in [5.74, 6) is -1.61. The molecule has 0 saturated carbocycles. The number of ether oxygens (including phenoxy) is 2. The van der Waals surface area contributed by atoms with Crippen LogP contribution in [0.15, 0.2) is 18.2 Å². The van der Waals surface area contributed by atoms with Gasteiger partial charge in [-0.3, -0.25) is 14.9 Å². The van der Waals surface area contributed by atoms with E-state index in [1.54, 1.807) is 6.92 Å². The summed E-state index contributed by atoms with van der Waals surface area (Å²) in [6.45, 7) is 3.08. The molecular formula is C13H17FN2O5. The second kappa shape index (κ2) is 6.49. The van der Waals surface area contributed by atoms with E-state index in [2.05, 4.69) is 4.74 Å². The summed E-state index contributed by atoms with van der Waals surface area (Å²) >= 11 is 0. The lowest BCUT2D eigenvalue weighted by molar-refractivity contribution is -0.385. The molecule has 0 fully saturated rings. The third kappa shape index (κ3) is 4.38. The molecule has 7 nitrogen and oxygen atoms in total. The fourth-order valence-electron chi connectivity index (χ4n) is 1.87. The first-order valence-electron chi connectivity index (χ1n) is 6.15. The predicted molar refractivity (Wildman–Crippen MR) is 72.4 cm³/mol. The van der Waals surface area contributed by atoms with Gasteiger partial charge in [0.2, 0.25) is 0 Å². The summed E-state index contributed by atoms with van der Waals surface area (Å²) in [5, 5.41) is 10.5. The van der Waals surface area contributed by atoms with Gasteiger partial charge >= 0.3 is 5.97 Å². The zero-order valence-electron chi connectivity index (χ0n) is 12.0. The summed E-state index contributed by atoms with van der Waals surface area (Å²) in [6.07, 6.45) is -0.495. The molecule has 1 aromatic rings. The van der Waals surface area contributed by atoms with Crippen LogP contribution >= 0.6 is 0 Å². The topological polar surface area (TPSA) is 105 Å². The van der Waals surface area contributed by atoms with Crippen molar-refractivity contribution in [2.24, 2.45) is 5.73 Å². The maximum absolute atomic E-state index is 13.7. The van der Waals surface area contributed by atoms with Crippen molar-refractivity contribution in [1.29, 1.82) is 0 Å². The molecule has 8 heteroatoms. The average molecular weight is 300 g/mol. The fourth-order valence-corrected chi connectivity index (χ4v) is 1.87. The van der Waals surface area contributed by atoms with Crippen LogP contribution in [0.5, 0.6) is 5.75 Å². The molecule has 21 heavy (non-hydrogen) atoms. The second-order valence-corrected chi connectivity index (χ2v) is 4.91. The summed E-state index contributed by atoms with van der Waals surface area (Å²) in [7, 11) is 1.22. The molecule has 0 amide bonds. The van der Waals surface area contributed by atoms with Crippen molar-refractivity contribution < 1.29 is 23.6 Å². The first-order valence-corrected chi connectivity index (χ1v) is 6.15. The van der Waals surface area contributed by atoms with E-state index in [1.165, 1.54) is 14.0 Å². The van der Waals surface area contributed by atoms with E-state index in [0.29, 0.717) is 0 Å². The Morgan fingerprint density at radius 3 is 2.67 bits per heavy atom. The Bertz CT molecular complexity index is 547. The van der Waals surface area contributed by atoms with Crippen molar-refractivity contribution in [3.63, 3.8) is 0 Å². The zero-order valence-corrected chi connectivity index (χ0v) is 12.0. The highest BCUT2D eigenvalue weighted by atomic mass is 19.1. The summed E-state index contributed by atoms with van der Waals surface area (Å²) in [6, 6.07) is 3.06. The van der Waals surface area contributed by atoms with E-state index in [4.69, 9.17) is 10.5 Å². The maximum atomic E-state index is 13.7. The highest BCUT2D eigenvalue weighted by molar-refractivity contribution is 5.79. The van der Waals surface area contributed by atoms with Crippen LogP contribution in [0.2, 0.25) is 0 Å². The van der Waals surface area contributed by atoms with Crippen LogP contribution in [0.25, 0.3) is 0 Å². The van der Waals surface area contributed by atoms with Gasteiger partial charge in [-0.05, 0) is 19.9 Å². The fraction of sp³-hybridized carbons (Fsp3) is 0.462. The third-order valence-corrected chi connectivity index (χ3v) is 2.82. The second-order valence-electron chi connectivity index (χ2n) is 4.91. The number of hydrogen-bond acceptors (Lipinski definition) is 6. The van der Waals surface area contributed by atoms with Gasteiger partial charge in [0.05, 0.1) is 24.2 Å². The molecule has 0 saturated heterocycles. The standard InChI is InChI=1S/C13H17FN2O5/c1-8(7-13(2,15)12(17)20-3)21-11-5-4-9(16(18)19)6-10(11)14/h4-6,8H,7,15H2,1-3H3. The Labute approximate surface area is 121 Å². The van der Waals surface area contributed by atoms with Gasteiger partial charge in [0.1, 0.15) is 5.54 Å². The van der Waals surface area contributed by atoms with Gasteiger partial charge in [-0.1, -0.05) is 0 Å². The lowest BCUT2D eigenvalue weighted by Crippen LogP contribution is -2.48. The van der Waals surface area contributed by atoms with Crippen molar-refractivity contribution in [2.45, 2.75) is 31.9 Å². The molecule has 2 unspecified atom stereocenters. The van der Waals surface area contributed by atoms with Crippen LogP contribution in [0.4, 0.5) is 10.1 Å². The van der Waals surface area contributed by atoms with Gasteiger partial charge in [0, 0.05) is 12.5 Å². The van der Waals surface area contributed by atoms with Crippen molar-refractivity contribution in [1.82, 2.24) is 0 Å². The van der Waals surface area contributed by atoms with E-state index >= 15 is 0 Å². The minimum Gasteiger partial charge on any atom is -0.488 e. The molecule has 2 N–H and O–H groups in total. The Hall–Kier alpha value is -2.22. The Morgan fingerprint density at radius 2 is 2.19 bits per heavy atom. The molecule has 1 aromatic carbocycles. The van der Waals surface area contributed by atoms with Gasteiger partial charge < -0.3 is 15.2 Å². The molecule has 1 rings (SSSR count). The van der Waals surface area contributed by atoms with Gasteiger partial charge in [-0.25, -0.2) is 4.39 Å². The predicted octanol–water partition coefficient (Wildman–Crippen LogP) is 1.78. The average Bonchev–Trinajstić information content (AvgIpc) is 2.39. The largest absolute Gasteiger partial charge is 0.488 e. The molecule has 0 bridgehead atoms. The molecule has 0 spiro atoms. The van der Waals surface area contributed by atoms with E-state index < -0.39 is 28.4 Å². The smallest absolute Gasteiger partial charge is 0.325 e. The zero-order chi connectivity index (χ0) is 16.2. The van der Waals surface area contributed by atoms with E-state index in [1.807, 2.05) is 0 Å². The number of carbonyl (C=O) groups excluding carboxylic acids is 1. The number of hydrogen-bond donors (Lipinski definition) is 1. The molecule has 0 heterocycles. The monoisotopic (exact) mass is 300 g/mol. The van der Waals surface area contributed by atoms with Crippen LogP contribution in [-0.4, -0.2) is 29.6 Å². The van der Waals surface area contributed by atoms with Crippen LogP contribution in [0.3, 0.4) is 0 Å². The van der Waals surface area contributed by atoms with Gasteiger partial charge in [0.15, 0.2) is 11.6 Å². The normalized spacial score (nSPS) is 14.9. The van der Waals surface area contributed by atoms with Crippen LogP contribution < -0.4 is 10.5 Å². The number of benzene rings is 1. The Kier molecular flexibility index (Phi) is 5.20. The minimum atomic E-state index is -1.27. The highest BCUT2D eigenvalue weighted by Gasteiger charge is 2.32. The van der Waals surface area contributed by atoms with E-state index in [0.717, 1.165) is 18.2 Å². The number of nitro benzene ring substituents is 1. The van der Waals surface area contributed by atoms with Crippen molar-refractivity contribution in [2.75, 3.05) is 7.11 Å². The molecular weight excluding hydrogens is 283 g/mol. The number of methoxy groups -OCH3 is 1. The summed E-state index contributed by atoms with van der Waals surface area (Å²) < 4.78 is 23.6. The third-order valence-electron chi connectivity index (χ3n) is 2.82. The number of non-ortho nitro benzene ring substituents is 1. The van der Waals surface area contributed by atoms with E-state index in [-0.39, 0.29) is 17.9 Å². The van der Waals surface area contributed by atoms with Crippen LogP contribution in [0.1, 0.15) is 20.3 Å². The number of nitro groups is 1. The quantitative estimate of drug-likeness (QED) is 0.488. The van der Waals surface area contributed by atoms with Crippen molar-refractivity contribution in [3.8, 4) is 5.75 Å². The lowest BCUT2D eigenvalue weighted by atomic mass is 9.96. The van der Waals surface area contributed by atoms with Crippen molar-refractivity contribution >= 4 is 11.7 Å². The number of rotatable bonds is 6. The molecule has 0 radical (unpaired) electrons. The Morgan fingerprint density at radius 1 is 1.57 bits per heavy atom. The molecule has 2 atom stereocenters. The number of halogens is 1. The number of nitrogens with zero attached hydrogens (tertiary/aromatic N) is 1. The summed E-state index contributed by atoms with van der Waals surface area (Å²) in [4.78, 5) is 21.3. The minimum absolute atomic E-state index is 0.0934. The number of carbonyl (C=O) groups is 1. The summed E-state index contributed by atoms with van der Waals surface area (Å²) in [5.41, 5.74) is 4.15. The van der Waals surface area contributed by atoms with Gasteiger partial charge in [-0.2, -0.15) is 0 Å². The Balaban J connectivity index is 2.77. The van der Waals surface area contributed by atoms with Crippen LogP contribution in [0, 0.1) is 15.9 Å². The maximum Gasteiger partial charge on any atom is 0.325 e. The molecule has 116 valence electrons. The lowest BCUT2D eigenvalue weighted by Gasteiger charge is -2.25. The molecule has 0 aliphatic carbocycles. The van der Waals surface area contributed by atoms with E-state index in [9.17, 15) is 19.3 Å². The van der Waals surface area contributed by atoms with Gasteiger partial charge in [-0.15, -0.1) is 0 Å². The molecule has 0 aliphatic rings. The van der Waals surface area contributed by atoms with Crippen LogP contribution in [-0.2, 0) is 9.53 Å². The van der Waals surface area contributed by atoms with Gasteiger partial charge in [0.25, 0.3) is 5.69 Å². The SMILES string of the molecule is COC(=O)C(C)(N)CC(C)Oc1ccc([N+](=O)[O-])cc1F.